The van der Waals surface area contributed by atoms with Crippen molar-refractivity contribution in [3.8, 4) is 0 Å². The highest BCUT2D eigenvalue weighted by Gasteiger charge is 2.46. The van der Waals surface area contributed by atoms with Gasteiger partial charge in [0, 0.05) is 51.0 Å². The second-order valence-electron chi connectivity index (χ2n) is 10.5. The first-order valence-corrected chi connectivity index (χ1v) is 13.3. The van der Waals surface area contributed by atoms with Crippen LogP contribution in [0.2, 0.25) is 0 Å². The van der Waals surface area contributed by atoms with Crippen LogP contribution in [-0.2, 0) is 19.1 Å². The maximum Gasteiger partial charge on any atom is 0.245 e. The molecule has 188 valence electrons. The summed E-state index contributed by atoms with van der Waals surface area (Å²) in [6.45, 7) is 13.2. The Labute approximate surface area is 199 Å². The van der Waals surface area contributed by atoms with Gasteiger partial charge in [-0.1, -0.05) is 26.7 Å². The van der Waals surface area contributed by atoms with Crippen molar-refractivity contribution in [3.05, 3.63) is 0 Å². The molecule has 0 aliphatic carbocycles. The maximum absolute atomic E-state index is 13.7. The number of carbonyl (C=O) groups excluding carboxylic acids is 2. The molecule has 8 heteroatoms. The van der Waals surface area contributed by atoms with E-state index in [1.807, 2.05) is 9.80 Å². The minimum absolute atomic E-state index is 0.0296. The zero-order valence-electron chi connectivity index (χ0n) is 20.9. The molecule has 2 amide bonds. The molecule has 4 fully saturated rings. The minimum Gasteiger partial charge on any atom is -0.349 e. The molecule has 0 radical (unpaired) electrons. The number of piperidine rings is 1. The quantitative estimate of drug-likeness (QED) is 0.591. The van der Waals surface area contributed by atoms with Gasteiger partial charge in [-0.15, -0.1) is 0 Å². The Bertz CT molecular complexity index is 675. The van der Waals surface area contributed by atoms with Crippen molar-refractivity contribution < 1.29 is 19.1 Å². The second kappa shape index (κ2) is 11.0. The van der Waals surface area contributed by atoms with Crippen molar-refractivity contribution in [2.75, 3.05) is 52.5 Å². The van der Waals surface area contributed by atoms with E-state index in [-0.39, 0.29) is 29.9 Å². The lowest BCUT2D eigenvalue weighted by atomic mass is 9.93. The first-order valence-electron chi connectivity index (χ1n) is 13.3. The van der Waals surface area contributed by atoms with Gasteiger partial charge in [0.2, 0.25) is 11.8 Å². The molecular weight excluding hydrogens is 420 g/mol. The Morgan fingerprint density at radius 3 is 2.52 bits per heavy atom. The van der Waals surface area contributed by atoms with E-state index >= 15 is 0 Å². The fourth-order valence-corrected chi connectivity index (χ4v) is 5.89. The molecule has 0 saturated carbocycles. The Hall–Kier alpha value is -1.22. The minimum atomic E-state index is -0.557. The average Bonchev–Trinajstić information content (AvgIpc) is 2.77. The van der Waals surface area contributed by atoms with Crippen LogP contribution in [0.15, 0.2) is 0 Å². The number of carbonyl (C=O) groups is 2. The van der Waals surface area contributed by atoms with Crippen molar-refractivity contribution in [3.63, 3.8) is 0 Å². The van der Waals surface area contributed by atoms with E-state index in [2.05, 4.69) is 31.0 Å². The van der Waals surface area contributed by atoms with Crippen molar-refractivity contribution in [2.45, 2.75) is 89.6 Å². The number of piperazine rings is 1. The summed E-state index contributed by atoms with van der Waals surface area (Å²) in [4.78, 5) is 33.1. The molecule has 4 rings (SSSR count). The zero-order chi connectivity index (χ0) is 23.4. The standard InChI is InChI=1S/C25H44N4O4/c1-4-7-21-23(30)29(14-10-26-21)22(8-5-2)24(31)28-13-9-25(15-19(28)3)32-17-20(18-33-25)16-27-11-6-12-27/h19-22,26H,4-18H2,1-3H3/t19-,20?,21-,22-,25?/m0/s1. The van der Waals surface area contributed by atoms with Crippen molar-refractivity contribution in [1.29, 1.82) is 0 Å². The Kier molecular flexibility index (Phi) is 8.31. The molecule has 1 spiro atoms. The monoisotopic (exact) mass is 464 g/mol. The molecule has 0 aromatic rings. The summed E-state index contributed by atoms with van der Waals surface area (Å²) in [6, 6.07) is -0.497. The molecule has 0 bridgehead atoms. The maximum atomic E-state index is 13.7. The van der Waals surface area contributed by atoms with Gasteiger partial charge in [-0.3, -0.25) is 9.59 Å². The van der Waals surface area contributed by atoms with E-state index in [1.54, 1.807) is 0 Å². The van der Waals surface area contributed by atoms with E-state index in [9.17, 15) is 9.59 Å². The number of likely N-dealkylation sites (tertiary alicyclic amines) is 2. The summed E-state index contributed by atoms with van der Waals surface area (Å²) in [6.07, 6.45) is 6.06. The lowest BCUT2D eigenvalue weighted by Gasteiger charge is -2.50. The molecule has 4 saturated heterocycles. The molecule has 3 atom stereocenters. The van der Waals surface area contributed by atoms with Crippen LogP contribution in [0, 0.1) is 5.92 Å². The zero-order valence-corrected chi connectivity index (χ0v) is 20.9. The molecule has 8 nitrogen and oxygen atoms in total. The normalized spacial score (nSPS) is 34.4. The Morgan fingerprint density at radius 1 is 1.15 bits per heavy atom. The summed E-state index contributed by atoms with van der Waals surface area (Å²) >= 11 is 0. The van der Waals surface area contributed by atoms with Gasteiger partial charge in [0.05, 0.1) is 19.3 Å². The number of rotatable bonds is 8. The van der Waals surface area contributed by atoms with Crippen molar-refractivity contribution >= 4 is 11.8 Å². The van der Waals surface area contributed by atoms with Gasteiger partial charge in [0.15, 0.2) is 5.79 Å². The summed E-state index contributed by atoms with van der Waals surface area (Å²) < 4.78 is 12.6. The van der Waals surface area contributed by atoms with Crippen LogP contribution in [0.5, 0.6) is 0 Å². The van der Waals surface area contributed by atoms with Gasteiger partial charge < -0.3 is 29.5 Å². The van der Waals surface area contributed by atoms with Crippen LogP contribution in [0.1, 0.15) is 65.7 Å². The van der Waals surface area contributed by atoms with Crippen LogP contribution in [-0.4, -0.2) is 103 Å². The highest BCUT2D eigenvalue weighted by molar-refractivity contribution is 5.90. The lowest BCUT2D eigenvalue weighted by molar-refractivity contribution is -0.304. The van der Waals surface area contributed by atoms with E-state index in [0.29, 0.717) is 38.3 Å². The van der Waals surface area contributed by atoms with Gasteiger partial charge in [-0.2, -0.15) is 0 Å². The van der Waals surface area contributed by atoms with Crippen LogP contribution in [0.4, 0.5) is 0 Å². The van der Waals surface area contributed by atoms with Crippen molar-refractivity contribution in [1.82, 2.24) is 20.0 Å². The first kappa shape index (κ1) is 24.9. The van der Waals surface area contributed by atoms with Gasteiger partial charge in [-0.05, 0) is 39.3 Å². The fraction of sp³-hybridized carbons (Fsp3) is 0.920. The summed E-state index contributed by atoms with van der Waals surface area (Å²) in [5.74, 6) is 0.0629. The van der Waals surface area contributed by atoms with Gasteiger partial charge in [0.25, 0.3) is 0 Å². The van der Waals surface area contributed by atoms with Crippen LogP contribution >= 0.6 is 0 Å². The molecule has 0 aromatic carbocycles. The SMILES string of the molecule is CCC[C@@H]1NCCN([C@@H](CCC)C(=O)N2CCC3(C[C@@H]2C)OCC(CN2CCC2)CO3)C1=O. The van der Waals surface area contributed by atoms with Crippen LogP contribution in [0.25, 0.3) is 0 Å². The lowest BCUT2D eigenvalue weighted by Crippen LogP contribution is -2.64. The summed E-state index contributed by atoms with van der Waals surface area (Å²) in [7, 11) is 0. The topological polar surface area (TPSA) is 74.3 Å². The molecule has 0 unspecified atom stereocenters. The summed E-state index contributed by atoms with van der Waals surface area (Å²) in [5, 5.41) is 3.33. The Morgan fingerprint density at radius 2 is 1.91 bits per heavy atom. The predicted molar refractivity (Wildman–Crippen MR) is 127 cm³/mol. The van der Waals surface area contributed by atoms with E-state index in [0.717, 1.165) is 45.6 Å². The largest absolute Gasteiger partial charge is 0.349 e. The molecule has 0 aromatic heterocycles. The molecule has 1 N–H and O–H groups in total. The molecular formula is C25H44N4O4. The first-order chi connectivity index (χ1) is 16.0. The third-order valence-electron chi connectivity index (χ3n) is 7.91. The number of ether oxygens (including phenoxy) is 2. The Balaban J connectivity index is 1.35. The van der Waals surface area contributed by atoms with Gasteiger partial charge in [0.1, 0.15) is 6.04 Å². The molecule has 4 aliphatic rings. The second-order valence-corrected chi connectivity index (χ2v) is 10.5. The smallest absolute Gasteiger partial charge is 0.245 e. The van der Waals surface area contributed by atoms with Gasteiger partial charge in [-0.25, -0.2) is 0 Å². The number of amides is 2. The van der Waals surface area contributed by atoms with E-state index in [4.69, 9.17) is 9.47 Å². The number of nitrogens with zero attached hydrogens (tertiary/aromatic N) is 3. The fourth-order valence-electron chi connectivity index (χ4n) is 5.89. The number of hydrogen-bond donors (Lipinski definition) is 1. The number of nitrogens with one attached hydrogen (secondary N) is 1. The van der Waals surface area contributed by atoms with E-state index in [1.165, 1.54) is 19.5 Å². The highest BCUT2D eigenvalue weighted by Crippen LogP contribution is 2.36. The van der Waals surface area contributed by atoms with Crippen LogP contribution in [0.3, 0.4) is 0 Å². The third-order valence-corrected chi connectivity index (χ3v) is 7.91. The highest BCUT2D eigenvalue weighted by atomic mass is 16.7. The predicted octanol–water partition coefficient (Wildman–Crippen LogP) is 1.83. The molecule has 4 heterocycles. The van der Waals surface area contributed by atoms with E-state index < -0.39 is 5.79 Å². The number of hydrogen-bond acceptors (Lipinski definition) is 6. The average molecular weight is 465 g/mol. The summed E-state index contributed by atoms with van der Waals surface area (Å²) in [5.41, 5.74) is 0. The molecule has 4 aliphatic heterocycles. The van der Waals surface area contributed by atoms with Gasteiger partial charge >= 0.3 is 0 Å². The third kappa shape index (κ3) is 5.55. The van der Waals surface area contributed by atoms with Crippen LogP contribution < -0.4 is 5.32 Å². The van der Waals surface area contributed by atoms with Crippen molar-refractivity contribution in [2.24, 2.45) is 5.92 Å². The molecule has 33 heavy (non-hydrogen) atoms.